The van der Waals surface area contributed by atoms with Crippen LogP contribution in [-0.4, -0.2) is 70.0 Å². The molecule has 0 radical (unpaired) electrons. The number of aliphatic hydroxyl groups is 1. The van der Waals surface area contributed by atoms with Gasteiger partial charge in [-0.25, -0.2) is 18.4 Å². The Morgan fingerprint density at radius 3 is 2.56 bits per heavy atom. The predicted octanol–water partition coefficient (Wildman–Crippen LogP) is 2.94. The highest BCUT2D eigenvalue weighted by Crippen LogP contribution is 2.28. The van der Waals surface area contributed by atoms with Crippen LogP contribution < -0.4 is 4.90 Å². The SMILES string of the molecule is O=S(=O)(c1cc2cc(Cl)ccc2[nH]1)N1CCN(c2ncc(-c3ccncc3)cn2)C(CCO)C1. The first-order valence-corrected chi connectivity index (χ1v) is 12.7. The zero-order valence-corrected chi connectivity index (χ0v) is 19.7. The monoisotopic (exact) mass is 498 g/mol. The Morgan fingerprint density at radius 1 is 1.06 bits per heavy atom. The smallest absolute Gasteiger partial charge is 0.258 e. The van der Waals surface area contributed by atoms with Crippen molar-refractivity contribution in [2.45, 2.75) is 17.5 Å². The molecule has 1 aliphatic rings. The van der Waals surface area contributed by atoms with E-state index in [2.05, 4.69) is 19.9 Å². The van der Waals surface area contributed by atoms with E-state index in [1.165, 1.54) is 4.31 Å². The van der Waals surface area contributed by atoms with Crippen molar-refractivity contribution in [1.29, 1.82) is 0 Å². The number of hydrogen-bond acceptors (Lipinski definition) is 7. The molecule has 0 amide bonds. The quantitative estimate of drug-likeness (QED) is 0.420. The lowest BCUT2D eigenvalue weighted by molar-refractivity contribution is 0.244. The van der Waals surface area contributed by atoms with Crippen molar-refractivity contribution in [3.8, 4) is 11.1 Å². The molecule has 1 aromatic carbocycles. The maximum Gasteiger partial charge on any atom is 0.258 e. The molecule has 0 saturated carbocycles. The molecule has 2 N–H and O–H groups in total. The van der Waals surface area contributed by atoms with E-state index in [1.54, 1.807) is 49.1 Å². The van der Waals surface area contributed by atoms with Gasteiger partial charge in [-0.05, 0) is 48.4 Å². The van der Waals surface area contributed by atoms with Gasteiger partial charge in [-0.2, -0.15) is 4.31 Å². The van der Waals surface area contributed by atoms with E-state index in [-0.39, 0.29) is 30.8 Å². The van der Waals surface area contributed by atoms with Gasteiger partial charge in [0.25, 0.3) is 10.0 Å². The highest BCUT2D eigenvalue weighted by atomic mass is 35.5. The molecule has 1 unspecified atom stereocenters. The maximum absolute atomic E-state index is 13.4. The fraction of sp³-hybridized carbons (Fsp3) is 0.261. The van der Waals surface area contributed by atoms with Gasteiger partial charge in [0, 0.05) is 78.6 Å². The largest absolute Gasteiger partial charge is 0.396 e. The summed E-state index contributed by atoms with van der Waals surface area (Å²) >= 11 is 6.05. The van der Waals surface area contributed by atoms with Crippen LogP contribution in [0.1, 0.15) is 6.42 Å². The van der Waals surface area contributed by atoms with Crippen molar-refractivity contribution in [2.24, 2.45) is 0 Å². The second kappa shape index (κ2) is 9.30. The Labute approximate surface area is 202 Å². The Hall–Kier alpha value is -3.05. The van der Waals surface area contributed by atoms with E-state index in [0.29, 0.717) is 29.5 Å². The molecule has 34 heavy (non-hydrogen) atoms. The number of hydrogen-bond donors (Lipinski definition) is 2. The third-order valence-corrected chi connectivity index (χ3v) is 8.01. The summed E-state index contributed by atoms with van der Waals surface area (Å²) in [6.07, 6.45) is 7.30. The van der Waals surface area contributed by atoms with E-state index in [4.69, 9.17) is 11.6 Å². The lowest BCUT2D eigenvalue weighted by Gasteiger charge is -2.40. The van der Waals surface area contributed by atoms with Crippen molar-refractivity contribution < 1.29 is 13.5 Å². The fourth-order valence-corrected chi connectivity index (χ4v) is 5.89. The van der Waals surface area contributed by atoms with E-state index in [0.717, 1.165) is 16.5 Å². The number of benzene rings is 1. The first-order valence-electron chi connectivity index (χ1n) is 10.8. The van der Waals surface area contributed by atoms with E-state index in [9.17, 15) is 13.5 Å². The Kier molecular flexibility index (Phi) is 6.22. The topological polar surface area (TPSA) is 115 Å². The lowest BCUT2D eigenvalue weighted by Crippen LogP contribution is -2.55. The van der Waals surface area contributed by atoms with Crippen molar-refractivity contribution in [3.63, 3.8) is 0 Å². The molecule has 4 aromatic rings. The molecule has 0 spiro atoms. The first-order chi connectivity index (χ1) is 16.5. The second-order valence-electron chi connectivity index (χ2n) is 8.10. The van der Waals surface area contributed by atoms with Crippen LogP contribution in [0.5, 0.6) is 0 Å². The minimum absolute atomic E-state index is 0.0744. The normalized spacial score (nSPS) is 17.4. The molecule has 1 aliphatic heterocycles. The van der Waals surface area contributed by atoms with Crippen LogP contribution in [0.2, 0.25) is 5.02 Å². The molecule has 4 heterocycles. The van der Waals surface area contributed by atoms with Gasteiger partial charge in [0.2, 0.25) is 5.95 Å². The highest BCUT2D eigenvalue weighted by molar-refractivity contribution is 7.89. The number of sulfonamides is 1. The van der Waals surface area contributed by atoms with Crippen LogP contribution >= 0.6 is 11.6 Å². The zero-order chi connectivity index (χ0) is 23.7. The van der Waals surface area contributed by atoms with Crippen molar-refractivity contribution in [2.75, 3.05) is 31.1 Å². The van der Waals surface area contributed by atoms with Gasteiger partial charge in [-0.1, -0.05) is 11.6 Å². The molecule has 9 nitrogen and oxygen atoms in total. The number of pyridine rings is 1. The molecule has 3 aromatic heterocycles. The number of rotatable bonds is 6. The Balaban J connectivity index is 1.37. The summed E-state index contributed by atoms with van der Waals surface area (Å²) in [5.74, 6) is 0.508. The van der Waals surface area contributed by atoms with Crippen LogP contribution in [0, 0.1) is 0 Å². The molecule has 5 rings (SSSR count). The first kappa shape index (κ1) is 22.7. The number of nitrogens with one attached hydrogen (secondary N) is 1. The number of nitrogens with zero attached hydrogens (tertiary/aromatic N) is 5. The van der Waals surface area contributed by atoms with Gasteiger partial charge in [0.05, 0.1) is 0 Å². The van der Waals surface area contributed by atoms with Crippen LogP contribution in [0.4, 0.5) is 5.95 Å². The molecule has 0 aliphatic carbocycles. The van der Waals surface area contributed by atoms with Crippen LogP contribution in [0.15, 0.2) is 66.2 Å². The standard InChI is InChI=1S/C23H23ClN6O3S/c24-19-1-2-21-17(11-19)12-22(28-21)34(32,33)29-8-9-30(20(15-29)5-10-31)23-26-13-18(14-27-23)16-3-6-25-7-4-16/h1-4,6-7,11-14,20,28,31H,5,8-10,15H2. The van der Waals surface area contributed by atoms with Gasteiger partial charge in [0.1, 0.15) is 5.03 Å². The summed E-state index contributed by atoms with van der Waals surface area (Å²) in [5, 5.41) is 11.0. The van der Waals surface area contributed by atoms with Crippen LogP contribution in [0.25, 0.3) is 22.0 Å². The van der Waals surface area contributed by atoms with Gasteiger partial charge in [-0.3, -0.25) is 4.98 Å². The number of aromatic amines is 1. The summed E-state index contributed by atoms with van der Waals surface area (Å²) in [7, 11) is -3.76. The average Bonchev–Trinajstić information content (AvgIpc) is 3.29. The summed E-state index contributed by atoms with van der Waals surface area (Å²) in [5.41, 5.74) is 2.53. The Bertz CT molecular complexity index is 1400. The molecular formula is C23H23ClN6O3S. The second-order valence-corrected chi connectivity index (χ2v) is 10.4. The van der Waals surface area contributed by atoms with Crippen LogP contribution in [0.3, 0.4) is 0 Å². The molecular weight excluding hydrogens is 476 g/mol. The van der Waals surface area contributed by atoms with Crippen molar-refractivity contribution in [3.05, 3.63) is 66.2 Å². The van der Waals surface area contributed by atoms with Gasteiger partial charge in [0.15, 0.2) is 0 Å². The number of halogens is 1. The Morgan fingerprint density at radius 2 is 1.82 bits per heavy atom. The molecule has 0 bridgehead atoms. The minimum Gasteiger partial charge on any atom is -0.396 e. The predicted molar refractivity (Wildman–Crippen MR) is 130 cm³/mol. The molecule has 11 heteroatoms. The maximum atomic E-state index is 13.4. The third kappa shape index (κ3) is 4.37. The number of piperazine rings is 1. The summed E-state index contributed by atoms with van der Waals surface area (Å²) in [4.78, 5) is 18.0. The number of aliphatic hydroxyl groups excluding tert-OH is 1. The molecule has 1 fully saturated rings. The van der Waals surface area contributed by atoms with Crippen molar-refractivity contribution in [1.82, 2.24) is 24.2 Å². The zero-order valence-electron chi connectivity index (χ0n) is 18.2. The third-order valence-electron chi connectivity index (χ3n) is 5.99. The lowest BCUT2D eigenvalue weighted by atomic mass is 10.1. The van der Waals surface area contributed by atoms with Crippen molar-refractivity contribution >= 4 is 38.5 Å². The van der Waals surface area contributed by atoms with E-state index < -0.39 is 10.0 Å². The summed E-state index contributed by atoms with van der Waals surface area (Å²) in [6, 6.07) is 10.3. The summed E-state index contributed by atoms with van der Waals surface area (Å²) < 4.78 is 28.2. The fourth-order valence-electron chi connectivity index (χ4n) is 4.22. The molecule has 1 saturated heterocycles. The number of H-pyrrole nitrogens is 1. The van der Waals surface area contributed by atoms with Crippen LogP contribution in [-0.2, 0) is 10.0 Å². The van der Waals surface area contributed by atoms with Gasteiger partial charge < -0.3 is 15.0 Å². The van der Waals surface area contributed by atoms with E-state index >= 15 is 0 Å². The molecule has 1 atom stereocenters. The van der Waals surface area contributed by atoms with E-state index in [1.807, 2.05) is 17.0 Å². The highest BCUT2D eigenvalue weighted by Gasteiger charge is 2.35. The number of anilines is 1. The van der Waals surface area contributed by atoms with Gasteiger partial charge in [-0.15, -0.1) is 0 Å². The minimum atomic E-state index is -3.76. The number of aromatic nitrogens is 4. The summed E-state index contributed by atoms with van der Waals surface area (Å²) in [6.45, 7) is 0.823. The van der Waals surface area contributed by atoms with Gasteiger partial charge >= 0.3 is 0 Å². The average molecular weight is 499 g/mol. The molecule has 176 valence electrons. The number of fused-ring (bicyclic) bond motifs is 1.